The smallest absolute Gasteiger partial charge is 0.337 e. The molecule has 1 aliphatic heterocycles. The van der Waals surface area contributed by atoms with Gasteiger partial charge in [0, 0.05) is 17.6 Å². The monoisotopic (exact) mass is 359 g/mol. The third-order valence-corrected chi connectivity index (χ3v) is 4.45. The van der Waals surface area contributed by atoms with Crippen LogP contribution in [-0.4, -0.2) is 24.0 Å². The molecule has 0 radical (unpaired) electrons. The first kappa shape index (κ1) is 16.8. The minimum absolute atomic E-state index is 0.104. The van der Waals surface area contributed by atoms with Gasteiger partial charge in [0.1, 0.15) is 0 Å². The molecular formula is C21H17N3O3. The van der Waals surface area contributed by atoms with Crippen LogP contribution in [0.3, 0.4) is 0 Å². The van der Waals surface area contributed by atoms with Gasteiger partial charge in [0.15, 0.2) is 6.17 Å². The van der Waals surface area contributed by atoms with Crippen LogP contribution >= 0.6 is 0 Å². The van der Waals surface area contributed by atoms with E-state index in [2.05, 4.69) is 10.3 Å². The standard InChI is InChI=1S/C21H17N3O3/c1-27-21(26)14-9-11-15(12-10-14)23-19-18-17(8-5-13-22-18)20(25)24(19)16-6-3-2-4-7-16/h2-13,19,23H,1H3. The number of pyridine rings is 1. The summed E-state index contributed by atoms with van der Waals surface area (Å²) in [5.41, 5.74) is 3.25. The summed E-state index contributed by atoms with van der Waals surface area (Å²) in [6.45, 7) is 0. The molecule has 3 aromatic rings. The van der Waals surface area contributed by atoms with Crippen molar-refractivity contribution in [3.63, 3.8) is 0 Å². The van der Waals surface area contributed by atoms with Crippen molar-refractivity contribution in [3.8, 4) is 0 Å². The molecule has 0 spiro atoms. The molecule has 0 saturated heterocycles. The van der Waals surface area contributed by atoms with Crippen LogP contribution in [0.1, 0.15) is 32.6 Å². The van der Waals surface area contributed by atoms with Crippen molar-refractivity contribution in [2.75, 3.05) is 17.3 Å². The molecule has 6 nitrogen and oxygen atoms in total. The first-order valence-electron chi connectivity index (χ1n) is 8.47. The number of para-hydroxylation sites is 1. The lowest BCUT2D eigenvalue weighted by Crippen LogP contribution is -2.32. The van der Waals surface area contributed by atoms with Crippen LogP contribution in [0.4, 0.5) is 11.4 Å². The molecule has 1 atom stereocenters. The molecule has 134 valence electrons. The Morgan fingerprint density at radius 1 is 1.04 bits per heavy atom. The van der Waals surface area contributed by atoms with Gasteiger partial charge in [-0.2, -0.15) is 0 Å². The fourth-order valence-corrected chi connectivity index (χ4v) is 3.15. The molecular weight excluding hydrogens is 342 g/mol. The maximum atomic E-state index is 13.0. The van der Waals surface area contributed by atoms with Gasteiger partial charge in [0.05, 0.1) is 23.9 Å². The molecule has 1 aliphatic rings. The van der Waals surface area contributed by atoms with Crippen molar-refractivity contribution in [2.24, 2.45) is 0 Å². The van der Waals surface area contributed by atoms with E-state index in [9.17, 15) is 9.59 Å². The molecule has 2 heterocycles. The highest BCUT2D eigenvalue weighted by Crippen LogP contribution is 2.36. The number of hydrogen-bond donors (Lipinski definition) is 1. The minimum Gasteiger partial charge on any atom is -0.465 e. The number of rotatable bonds is 4. The Kier molecular flexibility index (Phi) is 4.30. The Labute approximate surface area is 156 Å². The summed E-state index contributed by atoms with van der Waals surface area (Å²) in [7, 11) is 1.35. The maximum Gasteiger partial charge on any atom is 0.337 e. The minimum atomic E-state index is -0.444. The Bertz CT molecular complexity index is 987. The Balaban J connectivity index is 1.70. The van der Waals surface area contributed by atoms with Crippen molar-refractivity contribution in [2.45, 2.75) is 6.17 Å². The van der Waals surface area contributed by atoms with Gasteiger partial charge < -0.3 is 10.1 Å². The Morgan fingerprint density at radius 2 is 1.78 bits per heavy atom. The highest BCUT2D eigenvalue weighted by Gasteiger charge is 2.38. The van der Waals surface area contributed by atoms with Crippen LogP contribution in [0.5, 0.6) is 0 Å². The number of ether oxygens (including phenoxy) is 1. The fraction of sp³-hybridized carbons (Fsp3) is 0.0952. The number of benzene rings is 2. The van der Waals surface area contributed by atoms with Crippen molar-refractivity contribution in [1.82, 2.24) is 4.98 Å². The van der Waals surface area contributed by atoms with Gasteiger partial charge in [-0.25, -0.2) is 4.79 Å². The molecule has 4 rings (SSSR count). The van der Waals surface area contributed by atoms with E-state index < -0.39 is 12.1 Å². The van der Waals surface area contributed by atoms with Crippen molar-refractivity contribution in [3.05, 3.63) is 89.7 Å². The molecule has 1 amide bonds. The van der Waals surface area contributed by atoms with E-state index in [1.54, 1.807) is 47.5 Å². The molecule has 27 heavy (non-hydrogen) atoms. The van der Waals surface area contributed by atoms with Crippen molar-refractivity contribution < 1.29 is 14.3 Å². The fourth-order valence-electron chi connectivity index (χ4n) is 3.15. The lowest BCUT2D eigenvalue weighted by atomic mass is 10.2. The molecule has 1 unspecified atom stereocenters. The molecule has 1 aromatic heterocycles. The summed E-state index contributed by atoms with van der Waals surface area (Å²) >= 11 is 0. The van der Waals surface area contributed by atoms with E-state index in [1.165, 1.54) is 7.11 Å². The second-order valence-corrected chi connectivity index (χ2v) is 6.06. The zero-order valence-electron chi connectivity index (χ0n) is 14.6. The van der Waals surface area contributed by atoms with Gasteiger partial charge in [-0.3, -0.25) is 14.7 Å². The third kappa shape index (κ3) is 3.01. The average Bonchev–Trinajstić information content (AvgIpc) is 3.00. The molecule has 0 aliphatic carbocycles. The number of aromatic nitrogens is 1. The number of esters is 1. The zero-order valence-corrected chi connectivity index (χ0v) is 14.6. The van der Waals surface area contributed by atoms with Crippen LogP contribution in [0.2, 0.25) is 0 Å². The summed E-state index contributed by atoms with van der Waals surface area (Å²) < 4.78 is 4.72. The third-order valence-electron chi connectivity index (χ3n) is 4.45. The van der Waals surface area contributed by atoms with Gasteiger partial charge in [-0.05, 0) is 48.5 Å². The van der Waals surface area contributed by atoms with Gasteiger partial charge >= 0.3 is 5.97 Å². The van der Waals surface area contributed by atoms with Gasteiger partial charge in [0.25, 0.3) is 5.91 Å². The van der Waals surface area contributed by atoms with Crippen LogP contribution in [0.25, 0.3) is 0 Å². The molecule has 1 N–H and O–H groups in total. The molecule has 6 heteroatoms. The number of methoxy groups -OCH3 is 1. The first-order valence-corrected chi connectivity index (χ1v) is 8.47. The largest absolute Gasteiger partial charge is 0.465 e. The first-order chi connectivity index (χ1) is 13.2. The normalized spacial score (nSPS) is 15.4. The summed E-state index contributed by atoms with van der Waals surface area (Å²) in [4.78, 5) is 30.7. The average molecular weight is 359 g/mol. The number of anilines is 2. The number of hydrogen-bond acceptors (Lipinski definition) is 5. The summed E-state index contributed by atoms with van der Waals surface area (Å²) in [5, 5.41) is 3.35. The topological polar surface area (TPSA) is 71.5 Å². The highest BCUT2D eigenvalue weighted by molar-refractivity contribution is 6.11. The van der Waals surface area contributed by atoms with Crippen LogP contribution in [0.15, 0.2) is 72.9 Å². The quantitative estimate of drug-likeness (QED) is 0.720. The van der Waals surface area contributed by atoms with Crippen molar-refractivity contribution in [1.29, 1.82) is 0 Å². The van der Waals surface area contributed by atoms with E-state index in [4.69, 9.17) is 4.74 Å². The molecule has 2 aromatic carbocycles. The molecule has 0 fully saturated rings. The SMILES string of the molecule is COC(=O)c1ccc(NC2c3ncccc3C(=O)N2c2ccccc2)cc1. The lowest BCUT2D eigenvalue weighted by molar-refractivity contribution is 0.0600. The highest BCUT2D eigenvalue weighted by atomic mass is 16.5. The van der Waals surface area contributed by atoms with E-state index >= 15 is 0 Å². The predicted octanol–water partition coefficient (Wildman–Crippen LogP) is 3.64. The Morgan fingerprint density at radius 3 is 2.48 bits per heavy atom. The number of fused-ring (bicyclic) bond motifs is 1. The molecule has 0 bridgehead atoms. The van der Waals surface area contributed by atoms with Gasteiger partial charge in [-0.1, -0.05) is 18.2 Å². The van der Waals surface area contributed by atoms with E-state index in [0.29, 0.717) is 16.8 Å². The lowest BCUT2D eigenvalue weighted by Gasteiger charge is -2.26. The van der Waals surface area contributed by atoms with Gasteiger partial charge in [0.2, 0.25) is 0 Å². The number of nitrogens with one attached hydrogen (secondary N) is 1. The van der Waals surface area contributed by atoms with E-state index in [0.717, 1.165) is 11.4 Å². The number of carbonyl (C=O) groups excluding carboxylic acids is 2. The van der Waals surface area contributed by atoms with E-state index in [1.807, 2.05) is 30.3 Å². The number of amides is 1. The van der Waals surface area contributed by atoms with Crippen LogP contribution < -0.4 is 10.2 Å². The summed E-state index contributed by atoms with van der Waals surface area (Å²) in [6, 6.07) is 19.9. The predicted molar refractivity (Wildman–Crippen MR) is 102 cm³/mol. The second kappa shape index (κ2) is 6.92. The second-order valence-electron chi connectivity index (χ2n) is 6.06. The number of carbonyl (C=O) groups is 2. The zero-order chi connectivity index (χ0) is 18.8. The molecule has 0 saturated carbocycles. The van der Waals surface area contributed by atoms with Gasteiger partial charge in [-0.15, -0.1) is 0 Å². The van der Waals surface area contributed by atoms with E-state index in [-0.39, 0.29) is 5.91 Å². The Hall–Kier alpha value is -3.67. The summed E-state index contributed by atoms with van der Waals surface area (Å²) in [5.74, 6) is -0.497. The van der Waals surface area contributed by atoms with Crippen LogP contribution in [-0.2, 0) is 4.74 Å². The van der Waals surface area contributed by atoms with Crippen LogP contribution in [0, 0.1) is 0 Å². The number of nitrogens with zero attached hydrogens (tertiary/aromatic N) is 2. The maximum absolute atomic E-state index is 13.0. The van der Waals surface area contributed by atoms with Crippen molar-refractivity contribution >= 4 is 23.3 Å². The summed E-state index contributed by atoms with van der Waals surface area (Å²) in [6.07, 6.45) is 1.23.